The fourth-order valence-electron chi connectivity index (χ4n) is 2.49. The first-order valence-electron chi connectivity index (χ1n) is 6.86. The van der Waals surface area contributed by atoms with Gasteiger partial charge in [-0.1, -0.05) is 6.07 Å². The number of carbonyl (C=O) groups is 4. The van der Waals surface area contributed by atoms with Crippen LogP contribution in [0.5, 0.6) is 0 Å². The van der Waals surface area contributed by atoms with Crippen molar-refractivity contribution in [1.29, 1.82) is 0 Å². The van der Waals surface area contributed by atoms with Gasteiger partial charge in [0.2, 0.25) is 0 Å². The van der Waals surface area contributed by atoms with Crippen LogP contribution in [0.3, 0.4) is 0 Å². The molecule has 4 N–H and O–H groups in total. The third-order valence-corrected chi connectivity index (χ3v) is 3.57. The molecule has 0 bridgehead atoms. The molecule has 0 aromatic heterocycles. The van der Waals surface area contributed by atoms with Gasteiger partial charge >= 0.3 is 5.97 Å². The van der Waals surface area contributed by atoms with Gasteiger partial charge in [-0.05, 0) is 18.2 Å². The van der Waals surface area contributed by atoms with Gasteiger partial charge in [0, 0.05) is 41.6 Å². The molecule has 2 amide bonds. The lowest BCUT2D eigenvalue weighted by Crippen LogP contribution is -2.33. The van der Waals surface area contributed by atoms with Crippen molar-refractivity contribution in [1.82, 2.24) is 10.3 Å². The molecule has 0 fully saturated rings. The van der Waals surface area contributed by atoms with Gasteiger partial charge in [-0.25, -0.2) is 10.6 Å². The summed E-state index contributed by atoms with van der Waals surface area (Å²) in [5, 5.41) is 12.7. The summed E-state index contributed by atoms with van der Waals surface area (Å²) in [5.41, 5.74) is -0.0212. The van der Waals surface area contributed by atoms with Crippen LogP contribution in [0.2, 0.25) is 0 Å². The van der Waals surface area contributed by atoms with E-state index in [-0.39, 0.29) is 33.0 Å². The number of fused-ring (bicyclic) bond motifs is 1. The Hall–Kier alpha value is -3.26. The number of benzene rings is 2. The lowest BCUT2D eigenvalue weighted by Gasteiger charge is -2.16. The number of aromatic carboxylic acids is 1. The minimum absolute atomic E-state index is 0.0131. The Bertz CT molecular complexity index is 874. The third-order valence-electron chi connectivity index (χ3n) is 3.57. The fourth-order valence-corrected chi connectivity index (χ4v) is 2.49. The summed E-state index contributed by atoms with van der Waals surface area (Å²) in [6.45, 7) is 0. The van der Waals surface area contributed by atoms with Crippen molar-refractivity contribution >= 4 is 34.8 Å². The quantitative estimate of drug-likeness (QED) is 0.327. The maximum atomic E-state index is 12.3. The highest BCUT2D eigenvalue weighted by molar-refractivity contribution is 6.22. The number of nitrogens with two attached hydrogens (primary N) is 1. The Kier molecular flexibility index (Phi) is 4.61. The molecule has 0 aliphatic carbocycles. The van der Waals surface area contributed by atoms with Crippen LogP contribution in [0.25, 0.3) is 10.8 Å². The maximum Gasteiger partial charge on any atom is 0.336 e. The normalized spacial score (nSPS) is 10.3. The number of hydrazine groups is 1. The number of carbonyl (C=O) groups excluding carboxylic acids is 3. The van der Waals surface area contributed by atoms with Crippen LogP contribution in [0, 0.1) is 0 Å². The van der Waals surface area contributed by atoms with Crippen molar-refractivity contribution in [3.63, 3.8) is 0 Å². The molecule has 0 heterocycles. The SMILES string of the molecule is CNC(=O)c1ccc(C=O)c2c(C(=O)N(C)N)ccc(C(=O)O)c12. The number of carboxylic acids is 1. The van der Waals surface area contributed by atoms with Crippen LogP contribution in [-0.4, -0.2) is 48.3 Å². The lowest BCUT2D eigenvalue weighted by molar-refractivity contribution is 0.0697. The monoisotopic (exact) mass is 329 g/mol. The van der Waals surface area contributed by atoms with Gasteiger partial charge in [-0.3, -0.25) is 19.4 Å². The average molecular weight is 329 g/mol. The summed E-state index contributed by atoms with van der Waals surface area (Å²) in [6.07, 6.45) is 0.495. The lowest BCUT2D eigenvalue weighted by atomic mass is 9.91. The van der Waals surface area contributed by atoms with E-state index in [1.54, 1.807) is 0 Å². The first-order valence-corrected chi connectivity index (χ1v) is 6.86. The molecular formula is C16H15N3O5. The highest BCUT2D eigenvalue weighted by atomic mass is 16.4. The number of rotatable bonds is 4. The molecular weight excluding hydrogens is 314 g/mol. The molecule has 0 aliphatic heterocycles. The molecule has 124 valence electrons. The Balaban J connectivity index is 3.07. The Morgan fingerprint density at radius 3 is 2.17 bits per heavy atom. The van der Waals surface area contributed by atoms with Gasteiger partial charge in [0.25, 0.3) is 11.8 Å². The van der Waals surface area contributed by atoms with Crippen molar-refractivity contribution < 1.29 is 24.3 Å². The number of hydrogen-bond donors (Lipinski definition) is 3. The minimum Gasteiger partial charge on any atom is -0.478 e. The second-order valence-electron chi connectivity index (χ2n) is 5.03. The molecule has 0 aliphatic rings. The van der Waals surface area contributed by atoms with E-state index in [0.29, 0.717) is 6.29 Å². The number of carboxylic acid groups (broad SMARTS) is 1. The van der Waals surface area contributed by atoms with Crippen molar-refractivity contribution in [2.45, 2.75) is 0 Å². The summed E-state index contributed by atoms with van der Waals surface area (Å²) in [4.78, 5) is 47.3. The van der Waals surface area contributed by atoms with Crippen molar-refractivity contribution in [3.8, 4) is 0 Å². The van der Waals surface area contributed by atoms with E-state index >= 15 is 0 Å². The topological polar surface area (TPSA) is 130 Å². The van der Waals surface area contributed by atoms with E-state index in [2.05, 4.69) is 5.32 Å². The molecule has 0 atom stereocenters. The predicted molar refractivity (Wildman–Crippen MR) is 86.0 cm³/mol. The number of nitrogens with one attached hydrogen (secondary N) is 1. The van der Waals surface area contributed by atoms with Gasteiger partial charge in [-0.15, -0.1) is 0 Å². The molecule has 2 aromatic rings. The summed E-state index contributed by atoms with van der Waals surface area (Å²) < 4.78 is 0. The second kappa shape index (κ2) is 6.47. The summed E-state index contributed by atoms with van der Waals surface area (Å²) in [7, 11) is 2.72. The number of nitrogens with zero attached hydrogens (tertiary/aromatic N) is 1. The largest absolute Gasteiger partial charge is 0.478 e. The van der Waals surface area contributed by atoms with Crippen LogP contribution >= 0.6 is 0 Å². The van der Waals surface area contributed by atoms with E-state index in [0.717, 1.165) is 5.01 Å². The zero-order chi connectivity index (χ0) is 18.0. The number of amides is 2. The van der Waals surface area contributed by atoms with Crippen molar-refractivity contribution in [2.24, 2.45) is 5.84 Å². The van der Waals surface area contributed by atoms with E-state index in [4.69, 9.17) is 5.84 Å². The molecule has 0 saturated heterocycles. The van der Waals surface area contributed by atoms with Gasteiger partial charge in [0.05, 0.1) is 5.56 Å². The minimum atomic E-state index is -1.28. The first kappa shape index (κ1) is 17.1. The predicted octanol–water partition coefficient (Wildman–Crippen LogP) is 0.656. The van der Waals surface area contributed by atoms with Crippen molar-refractivity contribution in [3.05, 3.63) is 46.5 Å². The van der Waals surface area contributed by atoms with Crippen LogP contribution in [0.15, 0.2) is 24.3 Å². The van der Waals surface area contributed by atoms with E-state index in [1.165, 1.54) is 38.4 Å². The zero-order valence-corrected chi connectivity index (χ0v) is 13.0. The molecule has 2 aromatic carbocycles. The first-order chi connectivity index (χ1) is 11.3. The van der Waals surface area contributed by atoms with Crippen LogP contribution in [-0.2, 0) is 0 Å². The molecule has 0 unspecified atom stereocenters. The molecule has 8 nitrogen and oxygen atoms in total. The summed E-state index contributed by atoms with van der Waals surface area (Å²) in [5.74, 6) is 3.04. The molecule has 0 spiro atoms. The Morgan fingerprint density at radius 1 is 1.08 bits per heavy atom. The third kappa shape index (κ3) is 2.70. The second-order valence-corrected chi connectivity index (χ2v) is 5.03. The fraction of sp³-hybridized carbons (Fsp3) is 0.125. The molecule has 0 saturated carbocycles. The zero-order valence-electron chi connectivity index (χ0n) is 13.0. The summed E-state index contributed by atoms with van der Waals surface area (Å²) >= 11 is 0. The number of aldehydes is 1. The Labute approximate surface area is 136 Å². The molecule has 0 radical (unpaired) electrons. The van der Waals surface area contributed by atoms with Crippen LogP contribution in [0.1, 0.15) is 41.4 Å². The summed E-state index contributed by atoms with van der Waals surface area (Å²) in [6, 6.07) is 5.19. The van der Waals surface area contributed by atoms with Crippen LogP contribution < -0.4 is 11.2 Å². The van der Waals surface area contributed by atoms with Gasteiger partial charge in [0.1, 0.15) is 0 Å². The van der Waals surface area contributed by atoms with Gasteiger partial charge in [-0.2, -0.15) is 0 Å². The highest BCUT2D eigenvalue weighted by Gasteiger charge is 2.23. The average Bonchev–Trinajstić information content (AvgIpc) is 2.57. The van der Waals surface area contributed by atoms with Crippen molar-refractivity contribution in [2.75, 3.05) is 14.1 Å². The van der Waals surface area contributed by atoms with Crippen LogP contribution in [0.4, 0.5) is 0 Å². The van der Waals surface area contributed by atoms with E-state index in [1.807, 2.05) is 0 Å². The molecule has 24 heavy (non-hydrogen) atoms. The molecule has 2 rings (SSSR count). The number of hydrogen-bond acceptors (Lipinski definition) is 5. The molecule has 8 heteroatoms. The standard InChI is InChI=1S/C16H15N3O5/c1-18-14(21)9-4-3-8(7-20)12-10(15(22)19(2)17)5-6-11(13(9)12)16(23)24/h3-7H,17H2,1-2H3,(H,18,21)(H,23,24). The Morgan fingerprint density at radius 2 is 1.67 bits per heavy atom. The highest BCUT2D eigenvalue weighted by Crippen LogP contribution is 2.30. The smallest absolute Gasteiger partial charge is 0.336 e. The van der Waals surface area contributed by atoms with Gasteiger partial charge in [0.15, 0.2) is 6.29 Å². The van der Waals surface area contributed by atoms with E-state index in [9.17, 15) is 24.3 Å². The van der Waals surface area contributed by atoms with E-state index < -0.39 is 17.8 Å². The van der Waals surface area contributed by atoms with Gasteiger partial charge < -0.3 is 10.4 Å². The maximum absolute atomic E-state index is 12.3.